The van der Waals surface area contributed by atoms with E-state index in [1.165, 1.54) is 25.3 Å². The van der Waals surface area contributed by atoms with Gasteiger partial charge in [-0.15, -0.1) is 0 Å². The Morgan fingerprint density at radius 1 is 1.03 bits per heavy atom. The van der Waals surface area contributed by atoms with Crippen molar-refractivity contribution in [1.29, 1.82) is 0 Å². The summed E-state index contributed by atoms with van der Waals surface area (Å²) in [5, 5.41) is 3.46. The summed E-state index contributed by atoms with van der Waals surface area (Å²) in [6, 6.07) is 20.1. The van der Waals surface area contributed by atoms with Crippen molar-refractivity contribution in [2.45, 2.75) is 31.9 Å². The molecule has 1 atom stereocenters. The van der Waals surface area contributed by atoms with Gasteiger partial charge in [0.1, 0.15) is 0 Å². The number of esters is 1. The number of hydrogen-bond acceptors (Lipinski definition) is 4. The lowest BCUT2D eigenvalue weighted by Gasteiger charge is -2.23. The average molecular weight is 599 g/mol. The zero-order valence-electron chi connectivity index (χ0n) is 21.3. The van der Waals surface area contributed by atoms with E-state index in [2.05, 4.69) is 21.2 Å². The molecule has 5 nitrogen and oxygen atoms in total. The fourth-order valence-corrected chi connectivity index (χ4v) is 5.04. The fraction of sp³-hybridized carbons (Fsp3) is 0.233. The molecule has 0 aliphatic rings. The summed E-state index contributed by atoms with van der Waals surface area (Å²) in [7, 11) is 1.22. The van der Waals surface area contributed by atoms with Crippen LogP contribution < -0.4 is 5.32 Å². The van der Waals surface area contributed by atoms with Crippen LogP contribution in [0.2, 0.25) is 0 Å². The minimum Gasteiger partial charge on any atom is -0.469 e. The van der Waals surface area contributed by atoms with Crippen molar-refractivity contribution in [3.05, 3.63) is 99.5 Å². The van der Waals surface area contributed by atoms with Crippen molar-refractivity contribution in [1.82, 2.24) is 10.3 Å². The van der Waals surface area contributed by atoms with Crippen LogP contribution in [-0.2, 0) is 15.7 Å². The normalized spacial score (nSPS) is 12.3. The molecule has 3 aromatic carbocycles. The third kappa shape index (κ3) is 6.47. The monoisotopic (exact) mass is 598 g/mol. The summed E-state index contributed by atoms with van der Waals surface area (Å²) in [6.07, 6.45) is -4.61. The number of carbonyl (C=O) groups excluding carboxylic acids is 2. The number of fused-ring (bicyclic) bond motifs is 1. The first-order valence-corrected chi connectivity index (χ1v) is 13.1. The van der Waals surface area contributed by atoms with E-state index in [0.717, 1.165) is 16.1 Å². The average Bonchev–Trinajstić information content (AvgIpc) is 2.92. The highest BCUT2D eigenvalue weighted by atomic mass is 79.9. The Balaban J connectivity index is 1.73. The minimum absolute atomic E-state index is 0.0123. The predicted molar refractivity (Wildman–Crippen MR) is 147 cm³/mol. The number of ether oxygens (including phenoxy) is 1. The van der Waals surface area contributed by atoms with Crippen LogP contribution in [0.5, 0.6) is 0 Å². The first-order chi connectivity index (χ1) is 18.6. The summed E-state index contributed by atoms with van der Waals surface area (Å²) in [6.45, 7) is 1.69. The summed E-state index contributed by atoms with van der Waals surface area (Å²) >= 11 is 3.45. The van der Waals surface area contributed by atoms with Crippen molar-refractivity contribution in [3.63, 3.8) is 0 Å². The van der Waals surface area contributed by atoms with E-state index < -0.39 is 29.5 Å². The first kappa shape index (κ1) is 28.3. The number of alkyl halides is 3. The van der Waals surface area contributed by atoms with Crippen LogP contribution in [0.25, 0.3) is 22.2 Å². The molecule has 0 saturated carbocycles. The molecule has 9 heteroatoms. The van der Waals surface area contributed by atoms with Crippen LogP contribution in [0, 0.1) is 6.92 Å². The molecule has 0 saturated heterocycles. The van der Waals surface area contributed by atoms with Crippen LogP contribution in [0.1, 0.15) is 45.8 Å². The largest absolute Gasteiger partial charge is 0.469 e. The second-order valence-corrected chi connectivity index (χ2v) is 10.0. The molecule has 1 N–H and O–H groups in total. The number of rotatable bonds is 8. The molecule has 0 spiro atoms. The molecule has 0 bridgehead atoms. The lowest BCUT2D eigenvalue weighted by Crippen LogP contribution is -2.30. The Bertz CT molecular complexity index is 1510. The summed E-state index contributed by atoms with van der Waals surface area (Å²) in [5.74, 6) is -1.76. The number of methoxy groups -OCH3 is 1. The molecule has 4 rings (SSSR count). The quantitative estimate of drug-likeness (QED) is 0.214. The van der Waals surface area contributed by atoms with Gasteiger partial charge in [0.25, 0.3) is 5.91 Å². The Kier molecular flexibility index (Phi) is 8.70. The molecule has 0 fully saturated rings. The molecular weight excluding hydrogens is 573 g/mol. The third-order valence-corrected chi connectivity index (χ3v) is 7.10. The Hall–Kier alpha value is -3.72. The van der Waals surface area contributed by atoms with Crippen LogP contribution >= 0.6 is 15.9 Å². The van der Waals surface area contributed by atoms with E-state index in [1.54, 1.807) is 19.1 Å². The number of halogens is 4. The van der Waals surface area contributed by atoms with Gasteiger partial charge in [-0.25, -0.2) is 4.98 Å². The SMILES string of the molecule is COC(=O)CCC(CNC(=O)c1c(C)c(-c2ccccc2)nc2ccc(Br)cc12)c1ccccc1C(F)(F)F. The molecule has 39 heavy (non-hydrogen) atoms. The molecule has 1 heterocycles. The Labute approximate surface area is 232 Å². The van der Waals surface area contributed by atoms with Gasteiger partial charge < -0.3 is 10.1 Å². The second kappa shape index (κ2) is 12.0. The van der Waals surface area contributed by atoms with E-state index in [-0.39, 0.29) is 24.9 Å². The fourth-order valence-electron chi connectivity index (χ4n) is 4.68. The summed E-state index contributed by atoms with van der Waals surface area (Å²) in [4.78, 5) is 30.4. The van der Waals surface area contributed by atoms with Crippen LogP contribution in [0.15, 0.2) is 77.3 Å². The number of nitrogens with zero attached hydrogens (tertiary/aromatic N) is 1. The third-order valence-electron chi connectivity index (χ3n) is 6.60. The molecule has 202 valence electrons. The van der Waals surface area contributed by atoms with Gasteiger partial charge in [0.2, 0.25) is 0 Å². The summed E-state index contributed by atoms with van der Waals surface area (Å²) < 4.78 is 46.9. The van der Waals surface area contributed by atoms with Crippen LogP contribution in [0.4, 0.5) is 13.2 Å². The van der Waals surface area contributed by atoms with Gasteiger partial charge in [-0.2, -0.15) is 13.2 Å². The number of hydrogen-bond donors (Lipinski definition) is 1. The van der Waals surface area contributed by atoms with Crippen molar-refractivity contribution < 1.29 is 27.5 Å². The maximum atomic E-state index is 13.8. The molecule has 4 aromatic rings. The molecule has 0 radical (unpaired) electrons. The highest BCUT2D eigenvalue weighted by molar-refractivity contribution is 9.10. The van der Waals surface area contributed by atoms with Gasteiger partial charge in [0.05, 0.1) is 29.4 Å². The molecule has 1 aromatic heterocycles. The van der Waals surface area contributed by atoms with Gasteiger partial charge in [-0.05, 0) is 48.7 Å². The van der Waals surface area contributed by atoms with Crippen LogP contribution in [0.3, 0.4) is 0 Å². The predicted octanol–water partition coefficient (Wildman–Crippen LogP) is 7.46. The smallest absolute Gasteiger partial charge is 0.416 e. The van der Waals surface area contributed by atoms with Crippen LogP contribution in [-0.4, -0.2) is 30.5 Å². The number of benzene rings is 3. The van der Waals surface area contributed by atoms with Gasteiger partial charge in [0, 0.05) is 34.3 Å². The van der Waals surface area contributed by atoms with Crippen molar-refractivity contribution in [2.24, 2.45) is 0 Å². The molecule has 0 aliphatic heterocycles. The van der Waals surface area contributed by atoms with Crippen molar-refractivity contribution >= 4 is 38.7 Å². The number of pyridine rings is 1. The molecular formula is C30H26BrF3N2O3. The molecule has 1 amide bonds. The van der Waals surface area contributed by atoms with E-state index in [4.69, 9.17) is 9.72 Å². The number of nitrogens with one attached hydrogen (secondary N) is 1. The van der Waals surface area contributed by atoms with E-state index in [1.807, 2.05) is 36.4 Å². The van der Waals surface area contributed by atoms with E-state index in [9.17, 15) is 22.8 Å². The maximum Gasteiger partial charge on any atom is 0.416 e. The van der Waals surface area contributed by atoms with Gasteiger partial charge >= 0.3 is 12.1 Å². The number of carbonyl (C=O) groups is 2. The van der Waals surface area contributed by atoms with E-state index in [0.29, 0.717) is 27.7 Å². The molecule has 0 aliphatic carbocycles. The highest BCUT2D eigenvalue weighted by Crippen LogP contribution is 2.37. The highest BCUT2D eigenvalue weighted by Gasteiger charge is 2.35. The van der Waals surface area contributed by atoms with Crippen molar-refractivity contribution in [3.8, 4) is 11.3 Å². The second-order valence-electron chi connectivity index (χ2n) is 9.09. The van der Waals surface area contributed by atoms with Crippen molar-refractivity contribution in [2.75, 3.05) is 13.7 Å². The van der Waals surface area contributed by atoms with Gasteiger partial charge in [-0.1, -0.05) is 64.5 Å². The first-order valence-electron chi connectivity index (χ1n) is 12.3. The summed E-state index contributed by atoms with van der Waals surface area (Å²) in [5.41, 5.74) is 2.33. The Morgan fingerprint density at radius 2 is 1.72 bits per heavy atom. The standard InChI is InChI=1S/C30H26BrF3N2O3/c1-18-27(23-16-21(31)13-14-25(23)36-28(18)19-8-4-3-5-9-19)29(38)35-17-20(12-15-26(37)39-2)22-10-6-7-11-24(22)30(32,33)34/h3-11,13-14,16,20H,12,15,17H2,1-2H3,(H,35,38). The van der Waals surface area contributed by atoms with Gasteiger partial charge in [-0.3, -0.25) is 9.59 Å². The maximum absolute atomic E-state index is 13.8. The minimum atomic E-state index is -4.58. The molecule has 1 unspecified atom stereocenters. The lowest BCUT2D eigenvalue weighted by molar-refractivity contribution is -0.140. The Morgan fingerprint density at radius 3 is 2.41 bits per heavy atom. The number of aromatic nitrogens is 1. The van der Waals surface area contributed by atoms with Gasteiger partial charge in [0.15, 0.2) is 0 Å². The number of amides is 1. The zero-order chi connectivity index (χ0) is 28.2. The lowest BCUT2D eigenvalue weighted by atomic mass is 9.89. The van der Waals surface area contributed by atoms with E-state index >= 15 is 0 Å². The zero-order valence-corrected chi connectivity index (χ0v) is 22.9. The topological polar surface area (TPSA) is 68.3 Å².